The molecule has 0 amide bonds. The van der Waals surface area contributed by atoms with Crippen LogP contribution in [0.25, 0.3) is 0 Å². The number of alkyl halides is 12. The number of allylic oxidation sites excluding steroid dienone is 2. The van der Waals surface area contributed by atoms with Crippen LogP contribution in [-0.2, 0) is 0 Å². The molecule has 0 saturated carbocycles. The van der Waals surface area contributed by atoms with E-state index in [-0.39, 0.29) is 6.08 Å². The molecule has 0 radical (unpaired) electrons. The van der Waals surface area contributed by atoms with Gasteiger partial charge in [0.1, 0.15) is 0 Å². The molecule has 2 atom stereocenters. The van der Waals surface area contributed by atoms with Crippen molar-refractivity contribution in [3.63, 3.8) is 0 Å². The number of halogens is 12. The van der Waals surface area contributed by atoms with Gasteiger partial charge in [0, 0.05) is 11.8 Å². The Kier molecular flexibility index (Phi) is 4.61. The number of hydrogen-bond acceptors (Lipinski definition) is 3. The van der Waals surface area contributed by atoms with E-state index in [1.54, 1.807) is 0 Å². The van der Waals surface area contributed by atoms with Crippen molar-refractivity contribution in [2.75, 3.05) is 0 Å². The van der Waals surface area contributed by atoms with Gasteiger partial charge in [0.2, 0.25) is 0 Å². The first-order valence-electron chi connectivity index (χ1n) is 6.99. The first-order valence-corrected chi connectivity index (χ1v) is 6.99. The van der Waals surface area contributed by atoms with Crippen molar-refractivity contribution in [1.29, 1.82) is 0 Å². The van der Waals surface area contributed by atoms with E-state index in [4.69, 9.17) is 0 Å². The average Bonchev–Trinajstić information content (AvgIpc) is 2.97. The Morgan fingerprint density at radius 2 is 0.964 bits per heavy atom. The highest BCUT2D eigenvalue weighted by Gasteiger charge is 2.80. The van der Waals surface area contributed by atoms with Crippen LogP contribution in [-0.4, -0.2) is 51.2 Å². The van der Waals surface area contributed by atoms with E-state index in [1.807, 2.05) is 0 Å². The van der Waals surface area contributed by atoms with Crippen LogP contribution < -0.4 is 0 Å². The number of fused-ring (bicyclic) bond motifs is 2. The molecule has 2 rings (SSSR count). The van der Waals surface area contributed by atoms with Crippen LogP contribution in [0.5, 0.6) is 0 Å². The molecule has 0 fully saturated rings. The predicted octanol–water partition coefficient (Wildman–Crippen LogP) is 4.09. The molecule has 2 unspecified atom stereocenters. The van der Waals surface area contributed by atoms with Crippen molar-refractivity contribution < 1.29 is 68.0 Å². The summed E-state index contributed by atoms with van der Waals surface area (Å²) in [7, 11) is 0. The Bertz CT molecular complexity index is 693. The highest BCUT2D eigenvalue weighted by atomic mass is 19.4. The van der Waals surface area contributed by atoms with Crippen LogP contribution in [0.2, 0.25) is 0 Å². The molecule has 0 aromatic rings. The lowest BCUT2D eigenvalue weighted by Gasteiger charge is -2.41. The number of aliphatic hydroxyl groups excluding tert-OH is 1. The average molecular weight is 440 g/mol. The molecule has 28 heavy (non-hydrogen) atoms. The van der Waals surface area contributed by atoms with Crippen molar-refractivity contribution in [3.8, 4) is 0 Å². The van der Waals surface area contributed by atoms with Crippen molar-refractivity contribution in [2.24, 2.45) is 11.8 Å². The van der Waals surface area contributed by atoms with E-state index in [1.165, 1.54) is 0 Å². The summed E-state index contributed by atoms with van der Waals surface area (Å²) in [6.07, 6.45) is -28.3. The van der Waals surface area contributed by atoms with Gasteiger partial charge in [-0.3, -0.25) is 0 Å². The van der Waals surface area contributed by atoms with Gasteiger partial charge in [-0.25, -0.2) is 0 Å². The van der Waals surface area contributed by atoms with Crippen molar-refractivity contribution in [3.05, 3.63) is 23.0 Å². The maximum atomic E-state index is 13.1. The van der Waals surface area contributed by atoms with Crippen LogP contribution in [0.15, 0.2) is 23.0 Å². The van der Waals surface area contributed by atoms with Crippen LogP contribution in [0.1, 0.15) is 6.42 Å². The third kappa shape index (κ3) is 2.69. The van der Waals surface area contributed by atoms with Gasteiger partial charge in [0.25, 0.3) is 11.2 Å². The summed E-state index contributed by atoms with van der Waals surface area (Å²) in [4.78, 5) is 0. The van der Waals surface area contributed by atoms with Gasteiger partial charge < -0.3 is 15.3 Å². The summed E-state index contributed by atoms with van der Waals surface area (Å²) >= 11 is 0. The smallest absolute Gasteiger partial charge is 0.430 e. The quantitative estimate of drug-likeness (QED) is 0.448. The second-order valence-corrected chi connectivity index (χ2v) is 6.23. The summed E-state index contributed by atoms with van der Waals surface area (Å²) in [5.41, 5.74) is -17.9. The summed E-state index contributed by atoms with van der Waals surface area (Å²) < 4.78 is 157. The second kappa shape index (κ2) is 5.70. The Labute approximate surface area is 146 Å². The monoisotopic (exact) mass is 440 g/mol. The first-order chi connectivity index (χ1) is 12.1. The summed E-state index contributed by atoms with van der Waals surface area (Å²) in [6.45, 7) is 0. The van der Waals surface area contributed by atoms with Gasteiger partial charge in [-0.05, 0) is 23.6 Å². The van der Waals surface area contributed by atoms with E-state index in [0.29, 0.717) is 0 Å². The van der Waals surface area contributed by atoms with Crippen molar-refractivity contribution in [1.82, 2.24) is 0 Å². The zero-order valence-corrected chi connectivity index (χ0v) is 12.8. The molecule has 0 heterocycles. The Hall–Kier alpha value is -1.64. The minimum atomic E-state index is -6.82. The molecule has 3 nitrogen and oxygen atoms in total. The Morgan fingerprint density at radius 1 is 0.643 bits per heavy atom. The fourth-order valence-electron chi connectivity index (χ4n) is 3.46. The maximum Gasteiger partial charge on any atom is 0.430 e. The summed E-state index contributed by atoms with van der Waals surface area (Å²) in [5, 5.41) is 28.2. The third-order valence-electron chi connectivity index (χ3n) is 4.65. The molecule has 0 aromatic carbocycles. The minimum absolute atomic E-state index is 0.166. The zero-order valence-electron chi connectivity index (χ0n) is 12.8. The molecular weight excluding hydrogens is 432 g/mol. The van der Waals surface area contributed by atoms with Gasteiger partial charge in [0.15, 0.2) is 0 Å². The van der Waals surface area contributed by atoms with E-state index in [9.17, 15) is 68.0 Å². The summed E-state index contributed by atoms with van der Waals surface area (Å²) in [5.74, 6) is -6.53. The molecule has 0 spiro atoms. The number of aliphatic hydroxyl groups is 3. The lowest BCUT2D eigenvalue weighted by Crippen LogP contribution is -2.63. The topological polar surface area (TPSA) is 60.7 Å². The Morgan fingerprint density at radius 3 is 1.29 bits per heavy atom. The first kappa shape index (κ1) is 22.6. The molecule has 2 aliphatic carbocycles. The molecule has 0 aromatic heterocycles. The standard InChI is InChI=1S/C13H8F12O3/c14-10(15,16)8(27,11(17,18)19)6-3-1-4(5(26)2-3)7(6)9(28,12(20,21)22)13(23,24)25/h2-4,26-28H,1H2. The maximum absolute atomic E-state index is 13.1. The molecule has 15 heteroatoms. The third-order valence-corrected chi connectivity index (χ3v) is 4.65. The molecule has 2 aliphatic rings. The van der Waals surface area contributed by atoms with Gasteiger partial charge >= 0.3 is 24.7 Å². The van der Waals surface area contributed by atoms with E-state index in [2.05, 4.69) is 0 Å². The van der Waals surface area contributed by atoms with E-state index < -0.39 is 71.1 Å². The van der Waals surface area contributed by atoms with Crippen LogP contribution in [0, 0.1) is 11.8 Å². The molecule has 162 valence electrons. The lowest BCUT2D eigenvalue weighted by molar-refractivity contribution is -0.363. The van der Waals surface area contributed by atoms with Gasteiger partial charge in [-0.1, -0.05) is 0 Å². The highest BCUT2D eigenvalue weighted by molar-refractivity contribution is 5.51. The van der Waals surface area contributed by atoms with E-state index >= 15 is 0 Å². The second-order valence-electron chi connectivity index (χ2n) is 6.23. The minimum Gasteiger partial charge on any atom is -0.512 e. The normalized spacial score (nSPS) is 24.9. The predicted molar refractivity (Wildman–Crippen MR) is 63.5 cm³/mol. The fourth-order valence-corrected chi connectivity index (χ4v) is 3.46. The van der Waals surface area contributed by atoms with Crippen LogP contribution >= 0.6 is 0 Å². The van der Waals surface area contributed by atoms with Crippen LogP contribution in [0.4, 0.5) is 52.7 Å². The molecule has 0 saturated heterocycles. The van der Waals surface area contributed by atoms with Crippen molar-refractivity contribution >= 4 is 0 Å². The molecule has 2 bridgehead atoms. The Balaban J connectivity index is 3.00. The molecule has 0 aliphatic heterocycles. The van der Waals surface area contributed by atoms with E-state index in [0.717, 1.165) is 0 Å². The van der Waals surface area contributed by atoms with Crippen LogP contribution in [0.3, 0.4) is 0 Å². The molecule has 3 N–H and O–H groups in total. The zero-order chi connectivity index (χ0) is 22.3. The lowest BCUT2D eigenvalue weighted by atomic mass is 9.75. The van der Waals surface area contributed by atoms with Gasteiger partial charge in [-0.2, -0.15) is 52.7 Å². The molecular formula is C13H8F12O3. The van der Waals surface area contributed by atoms with Gasteiger partial charge in [0.05, 0.1) is 5.76 Å². The largest absolute Gasteiger partial charge is 0.512 e. The fraction of sp³-hybridized carbons (Fsp3) is 0.692. The number of hydrogen-bond donors (Lipinski definition) is 3. The summed E-state index contributed by atoms with van der Waals surface area (Å²) in [6, 6.07) is 0. The highest BCUT2D eigenvalue weighted by Crippen LogP contribution is 2.64. The van der Waals surface area contributed by atoms with Gasteiger partial charge in [-0.15, -0.1) is 0 Å². The number of rotatable bonds is 2. The SMILES string of the molecule is OC1=CC2CC1C(C(O)(C(F)(F)F)C(F)(F)F)=C2C(O)(C(F)(F)F)C(F)(F)F. The van der Waals surface area contributed by atoms with Crippen molar-refractivity contribution in [2.45, 2.75) is 42.3 Å².